The molecule has 4 rings (SSSR count). The van der Waals surface area contributed by atoms with Gasteiger partial charge in [0.15, 0.2) is 5.69 Å². The Kier molecular flexibility index (Phi) is 4.05. The van der Waals surface area contributed by atoms with Crippen LogP contribution in [0.5, 0.6) is 0 Å². The fraction of sp³-hybridized carbons (Fsp3) is 0.250. The zero-order valence-corrected chi connectivity index (χ0v) is 14.2. The van der Waals surface area contributed by atoms with Crippen molar-refractivity contribution in [2.45, 2.75) is 24.9 Å². The van der Waals surface area contributed by atoms with E-state index in [1.807, 2.05) is 24.3 Å². The molecule has 1 heterocycles. The predicted molar refractivity (Wildman–Crippen MR) is 98.0 cm³/mol. The van der Waals surface area contributed by atoms with Gasteiger partial charge in [-0.1, -0.05) is 42.5 Å². The van der Waals surface area contributed by atoms with Crippen LogP contribution in [0.1, 0.15) is 34.5 Å². The molecule has 0 bridgehead atoms. The van der Waals surface area contributed by atoms with E-state index < -0.39 is 11.5 Å². The van der Waals surface area contributed by atoms with Crippen molar-refractivity contribution in [2.75, 3.05) is 6.54 Å². The van der Waals surface area contributed by atoms with Gasteiger partial charge in [0, 0.05) is 5.39 Å². The molecular formula is C20H19N3O3. The SMILES string of the molecule is O=C(NCC1(O)CCCc2ccccc21)c1n[nH]c(=O)c2ccccc12. The molecule has 1 unspecified atom stereocenters. The van der Waals surface area contributed by atoms with Crippen molar-refractivity contribution in [1.82, 2.24) is 15.5 Å². The summed E-state index contributed by atoms with van der Waals surface area (Å²) in [7, 11) is 0. The lowest BCUT2D eigenvalue weighted by molar-refractivity contribution is 0.0189. The summed E-state index contributed by atoms with van der Waals surface area (Å²) in [5, 5.41) is 21.0. The minimum absolute atomic E-state index is 0.0952. The fourth-order valence-corrected chi connectivity index (χ4v) is 3.68. The predicted octanol–water partition coefficient (Wildman–Crippen LogP) is 1.88. The first-order valence-electron chi connectivity index (χ1n) is 8.65. The van der Waals surface area contributed by atoms with E-state index in [0.29, 0.717) is 17.2 Å². The number of benzene rings is 2. The third kappa shape index (κ3) is 2.78. The summed E-state index contributed by atoms with van der Waals surface area (Å²) in [6.07, 6.45) is 2.38. The van der Waals surface area contributed by atoms with Crippen LogP contribution in [0, 0.1) is 0 Å². The van der Waals surface area contributed by atoms with Gasteiger partial charge in [0.05, 0.1) is 11.9 Å². The lowest BCUT2D eigenvalue weighted by Gasteiger charge is -2.34. The number of H-pyrrole nitrogens is 1. The van der Waals surface area contributed by atoms with Gasteiger partial charge in [0.25, 0.3) is 11.5 Å². The highest BCUT2D eigenvalue weighted by Crippen LogP contribution is 2.34. The number of amides is 1. The third-order valence-electron chi connectivity index (χ3n) is 5.01. The summed E-state index contributed by atoms with van der Waals surface area (Å²) in [6.45, 7) is 0.0952. The molecule has 0 saturated carbocycles. The van der Waals surface area contributed by atoms with Crippen LogP contribution < -0.4 is 10.9 Å². The Hall–Kier alpha value is -2.99. The first kappa shape index (κ1) is 16.5. The highest BCUT2D eigenvalue weighted by Gasteiger charge is 2.34. The van der Waals surface area contributed by atoms with Gasteiger partial charge in [-0.15, -0.1) is 0 Å². The van der Waals surface area contributed by atoms with Crippen molar-refractivity contribution in [2.24, 2.45) is 0 Å². The molecule has 1 atom stereocenters. The molecule has 0 fully saturated rings. The van der Waals surface area contributed by atoms with Gasteiger partial charge in [0.1, 0.15) is 5.60 Å². The molecule has 0 spiro atoms. The lowest BCUT2D eigenvalue weighted by atomic mass is 9.79. The highest BCUT2D eigenvalue weighted by atomic mass is 16.3. The number of aryl methyl sites for hydroxylation is 1. The standard InChI is InChI=1S/C20H19N3O3/c24-18-15-9-3-2-8-14(15)17(22-23-18)19(25)21-12-20(26)11-5-7-13-6-1-4-10-16(13)20/h1-4,6,8-10,26H,5,7,11-12H2,(H,21,25)(H,23,24). The quantitative estimate of drug-likeness (QED) is 0.673. The maximum absolute atomic E-state index is 12.7. The summed E-state index contributed by atoms with van der Waals surface area (Å²) in [5.41, 5.74) is 0.696. The molecule has 2 aromatic carbocycles. The van der Waals surface area contributed by atoms with Crippen molar-refractivity contribution in [3.8, 4) is 0 Å². The van der Waals surface area contributed by atoms with Crippen LogP contribution in [0.2, 0.25) is 0 Å². The van der Waals surface area contributed by atoms with Crippen molar-refractivity contribution >= 4 is 16.7 Å². The molecule has 3 N–H and O–H groups in total. The van der Waals surface area contributed by atoms with Gasteiger partial charge >= 0.3 is 0 Å². The van der Waals surface area contributed by atoms with Crippen LogP contribution in [-0.4, -0.2) is 27.8 Å². The van der Waals surface area contributed by atoms with Gasteiger partial charge in [-0.3, -0.25) is 9.59 Å². The summed E-state index contributed by atoms with van der Waals surface area (Å²) in [5.74, 6) is -0.422. The van der Waals surface area contributed by atoms with Gasteiger partial charge in [-0.2, -0.15) is 5.10 Å². The van der Waals surface area contributed by atoms with Gasteiger partial charge in [-0.05, 0) is 36.5 Å². The number of aromatic nitrogens is 2. The summed E-state index contributed by atoms with van der Waals surface area (Å²) >= 11 is 0. The molecule has 6 nitrogen and oxygen atoms in total. The smallest absolute Gasteiger partial charge is 0.272 e. The number of carbonyl (C=O) groups excluding carboxylic acids is 1. The normalized spacial score (nSPS) is 19.1. The van der Waals surface area contributed by atoms with Crippen LogP contribution >= 0.6 is 0 Å². The molecule has 0 saturated heterocycles. The number of hydrogen-bond acceptors (Lipinski definition) is 4. The summed E-state index contributed by atoms with van der Waals surface area (Å²) < 4.78 is 0. The molecule has 1 amide bonds. The maximum atomic E-state index is 12.7. The van der Waals surface area contributed by atoms with Crippen LogP contribution in [0.3, 0.4) is 0 Å². The zero-order chi connectivity index (χ0) is 18.1. The number of nitrogens with one attached hydrogen (secondary N) is 2. The molecule has 6 heteroatoms. The minimum Gasteiger partial charge on any atom is -0.383 e. The van der Waals surface area contributed by atoms with E-state index >= 15 is 0 Å². The summed E-state index contributed by atoms with van der Waals surface area (Å²) in [4.78, 5) is 24.5. The Morgan fingerprint density at radius 2 is 1.88 bits per heavy atom. The van der Waals surface area contributed by atoms with Gasteiger partial charge < -0.3 is 10.4 Å². The molecule has 0 aliphatic heterocycles. The minimum atomic E-state index is -1.09. The van der Waals surface area contributed by atoms with Crippen LogP contribution in [-0.2, 0) is 12.0 Å². The Bertz CT molecular complexity index is 1040. The second-order valence-electron chi connectivity index (χ2n) is 6.67. The molecule has 0 radical (unpaired) electrons. The van der Waals surface area contributed by atoms with Crippen molar-refractivity contribution in [3.63, 3.8) is 0 Å². The number of carbonyl (C=O) groups is 1. The maximum Gasteiger partial charge on any atom is 0.272 e. The number of aliphatic hydroxyl groups is 1. The van der Waals surface area contributed by atoms with E-state index in [1.54, 1.807) is 24.3 Å². The average molecular weight is 349 g/mol. The second-order valence-corrected chi connectivity index (χ2v) is 6.67. The Labute approximate surface area is 149 Å². The Balaban J connectivity index is 1.61. The first-order chi connectivity index (χ1) is 12.6. The third-order valence-corrected chi connectivity index (χ3v) is 5.01. The van der Waals surface area contributed by atoms with E-state index in [0.717, 1.165) is 24.0 Å². The number of fused-ring (bicyclic) bond motifs is 2. The van der Waals surface area contributed by atoms with Crippen molar-refractivity contribution in [3.05, 3.63) is 75.7 Å². The Morgan fingerprint density at radius 3 is 2.73 bits per heavy atom. The number of rotatable bonds is 3. The van der Waals surface area contributed by atoms with Crippen molar-refractivity contribution < 1.29 is 9.90 Å². The number of hydrogen-bond donors (Lipinski definition) is 3. The topological polar surface area (TPSA) is 95.1 Å². The van der Waals surface area contributed by atoms with E-state index in [9.17, 15) is 14.7 Å². The van der Waals surface area contributed by atoms with E-state index in [2.05, 4.69) is 15.5 Å². The number of aromatic amines is 1. The van der Waals surface area contributed by atoms with Gasteiger partial charge in [-0.25, -0.2) is 5.10 Å². The number of nitrogens with zero attached hydrogens (tertiary/aromatic N) is 1. The zero-order valence-electron chi connectivity index (χ0n) is 14.2. The monoisotopic (exact) mass is 349 g/mol. The van der Waals surface area contributed by atoms with Crippen LogP contribution in [0.15, 0.2) is 53.3 Å². The van der Waals surface area contributed by atoms with Crippen LogP contribution in [0.25, 0.3) is 10.8 Å². The largest absolute Gasteiger partial charge is 0.383 e. The lowest BCUT2D eigenvalue weighted by Crippen LogP contribution is -2.43. The van der Waals surface area contributed by atoms with E-state index in [-0.39, 0.29) is 17.8 Å². The molecule has 1 aromatic heterocycles. The van der Waals surface area contributed by atoms with E-state index in [4.69, 9.17) is 0 Å². The highest BCUT2D eigenvalue weighted by molar-refractivity contribution is 6.04. The molecule has 1 aliphatic carbocycles. The molecule has 132 valence electrons. The van der Waals surface area contributed by atoms with E-state index in [1.165, 1.54) is 0 Å². The fourth-order valence-electron chi connectivity index (χ4n) is 3.68. The Morgan fingerprint density at radius 1 is 1.15 bits per heavy atom. The molecule has 3 aromatic rings. The summed E-state index contributed by atoms with van der Waals surface area (Å²) in [6, 6.07) is 14.6. The molecule has 1 aliphatic rings. The second kappa shape index (κ2) is 6.38. The molecular weight excluding hydrogens is 330 g/mol. The average Bonchev–Trinajstić information content (AvgIpc) is 2.67. The van der Waals surface area contributed by atoms with Crippen LogP contribution in [0.4, 0.5) is 0 Å². The molecule has 26 heavy (non-hydrogen) atoms. The first-order valence-corrected chi connectivity index (χ1v) is 8.65. The van der Waals surface area contributed by atoms with Crippen molar-refractivity contribution in [1.29, 1.82) is 0 Å². The van der Waals surface area contributed by atoms with Gasteiger partial charge in [0.2, 0.25) is 0 Å².